The predicted octanol–water partition coefficient (Wildman–Crippen LogP) is 0.489. The van der Waals surface area contributed by atoms with E-state index in [9.17, 15) is 0 Å². The predicted molar refractivity (Wildman–Crippen MR) is 57.2 cm³/mol. The van der Waals surface area contributed by atoms with Crippen molar-refractivity contribution in [3.8, 4) is 0 Å². The van der Waals surface area contributed by atoms with Gasteiger partial charge < -0.3 is 14.8 Å². The normalized spacial score (nSPS) is 13.1. The second kappa shape index (κ2) is 6.06. The van der Waals surface area contributed by atoms with Crippen LogP contribution in [-0.4, -0.2) is 38.2 Å². The Kier molecular flexibility index (Phi) is 5.00. The Morgan fingerprint density at radius 3 is 3.07 bits per heavy atom. The van der Waals surface area contributed by atoms with Gasteiger partial charge in [-0.25, -0.2) is 4.98 Å². The second-order valence-corrected chi connectivity index (χ2v) is 4.05. The summed E-state index contributed by atoms with van der Waals surface area (Å²) in [5, 5.41) is 17.7. The van der Waals surface area contributed by atoms with Crippen LogP contribution >= 0.6 is 11.8 Å². The number of aliphatic hydroxyl groups is 2. The van der Waals surface area contributed by atoms with Crippen molar-refractivity contribution in [2.75, 3.05) is 12.4 Å². The van der Waals surface area contributed by atoms with Crippen LogP contribution in [0.15, 0.2) is 12.5 Å². The first-order valence-corrected chi connectivity index (χ1v) is 5.79. The molecule has 2 N–H and O–H groups in total. The highest BCUT2D eigenvalue weighted by Crippen LogP contribution is 2.12. The topological polar surface area (TPSA) is 58.3 Å². The lowest BCUT2D eigenvalue weighted by atomic mass is 10.4. The molecular formula is C9H16N2O2S. The molecule has 0 spiro atoms. The molecule has 0 aliphatic heterocycles. The Bertz CT molecular complexity index is 265. The third-order valence-electron chi connectivity index (χ3n) is 1.91. The van der Waals surface area contributed by atoms with E-state index in [4.69, 9.17) is 10.2 Å². The van der Waals surface area contributed by atoms with E-state index < -0.39 is 6.10 Å². The monoisotopic (exact) mass is 216 g/mol. The van der Waals surface area contributed by atoms with Crippen molar-refractivity contribution in [3.63, 3.8) is 0 Å². The fraction of sp³-hybridized carbons (Fsp3) is 0.667. The molecule has 14 heavy (non-hydrogen) atoms. The van der Waals surface area contributed by atoms with Gasteiger partial charge in [0.2, 0.25) is 0 Å². The van der Waals surface area contributed by atoms with Gasteiger partial charge in [-0.15, -0.1) is 0 Å². The van der Waals surface area contributed by atoms with Gasteiger partial charge in [0.1, 0.15) is 0 Å². The lowest BCUT2D eigenvalue weighted by Crippen LogP contribution is -2.14. The maximum Gasteiger partial charge on any atom is 0.0948 e. The Morgan fingerprint density at radius 2 is 2.43 bits per heavy atom. The number of rotatable bonds is 6. The molecule has 0 aliphatic carbocycles. The van der Waals surface area contributed by atoms with Crippen LogP contribution in [0.3, 0.4) is 0 Å². The van der Waals surface area contributed by atoms with Crippen LogP contribution in [0.5, 0.6) is 0 Å². The maximum atomic E-state index is 9.12. The van der Waals surface area contributed by atoms with Gasteiger partial charge in [-0.05, 0) is 6.92 Å². The molecule has 1 aromatic rings. The molecule has 1 unspecified atom stereocenters. The smallest absolute Gasteiger partial charge is 0.0948 e. The molecule has 4 nitrogen and oxygen atoms in total. The van der Waals surface area contributed by atoms with Gasteiger partial charge >= 0.3 is 0 Å². The van der Waals surface area contributed by atoms with E-state index in [1.165, 1.54) is 0 Å². The van der Waals surface area contributed by atoms with Crippen LogP contribution in [0.25, 0.3) is 0 Å². The highest BCUT2D eigenvalue weighted by Gasteiger charge is 2.04. The summed E-state index contributed by atoms with van der Waals surface area (Å²) in [4.78, 5) is 4.05. The number of hydrogen-bond donors (Lipinski definition) is 2. The summed E-state index contributed by atoms with van der Waals surface area (Å²) in [7, 11) is 0. The number of aliphatic hydroxyl groups excluding tert-OH is 2. The zero-order chi connectivity index (χ0) is 10.4. The Hall–Kier alpha value is -0.520. The molecular weight excluding hydrogens is 200 g/mol. The maximum absolute atomic E-state index is 9.12. The number of nitrogens with zero attached hydrogens (tertiary/aromatic N) is 2. The number of hydrogen-bond acceptors (Lipinski definition) is 4. The van der Waals surface area contributed by atoms with Crippen molar-refractivity contribution >= 4 is 11.8 Å². The van der Waals surface area contributed by atoms with Crippen LogP contribution in [-0.2, 0) is 12.3 Å². The van der Waals surface area contributed by atoms with Crippen molar-refractivity contribution in [1.29, 1.82) is 0 Å². The number of aryl methyl sites for hydroxylation is 1. The van der Waals surface area contributed by atoms with Crippen LogP contribution in [0.4, 0.5) is 0 Å². The highest BCUT2D eigenvalue weighted by atomic mass is 32.2. The quantitative estimate of drug-likeness (QED) is 0.726. The number of aromatic nitrogens is 2. The summed E-state index contributed by atoms with van der Waals surface area (Å²) in [5.41, 5.74) is 1.16. The molecule has 1 rings (SSSR count). The number of thioether (sulfide) groups is 1. The zero-order valence-electron chi connectivity index (χ0n) is 8.26. The van der Waals surface area contributed by atoms with E-state index in [-0.39, 0.29) is 6.61 Å². The summed E-state index contributed by atoms with van der Waals surface area (Å²) in [6.07, 6.45) is 3.03. The second-order valence-electron chi connectivity index (χ2n) is 3.02. The summed E-state index contributed by atoms with van der Waals surface area (Å²) in [5.74, 6) is 1.39. The fourth-order valence-corrected chi connectivity index (χ4v) is 2.05. The molecule has 0 saturated carbocycles. The minimum Gasteiger partial charge on any atom is -0.394 e. The van der Waals surface area contributed by atoms with Crippen molar-refractivity contribution < 1.29 is 10.2 Å². The first-order valence-electron chi connectivity index (χ1n) is 4.63. The Labute approximate surface area is 88.0 Å². The van der Waals surface area contributed by atoms with Crippen LogP contribution in [0.1, 0.15) is 12.6 Å². The minimum atomic E-state index is -0.613. The molecule has 0 saturated heterocycles. The lowest BCUT2D eigenvalue weighted by Gasteiger charge is -2.07. The van der Waals surface area contributed by atoms with Gasteiger partial charge in [0, 0.05) is 29.9 Å². The Morgan fingerprint density at radius 1 is 1.64 bits per heavy atom. The van der Waals surface area contributed by atoms with Gasteiger partial charge in [-0.3, -0.25) is 0 Å². The van der Waals surface area contributed by atoms with Crippen molar-refractivity contribution in [2.45, 2.75) is 25.3 Å². The largest absolute Gasteiger partial charge is 0.394 e. The number of imidazole rings is 1. The highest BCUT2D eigenvalue weighted by molar-refractivity contribution is 7.98. The van der Waals surface area contributed by atoms with E-state index in [0.29, 0.717) is 5.75 Å². The average Bonchev–Trinajstić information content (AvgIpc) is 2.65. The molecule has 0 radical (unpaired) electrons. The molecule has 0 bridgehead atoms. The molecule has 1 atom stereocenters. The third-order valence-corrected chi connectivity index (χ3v) is 3.03. The first-order chi connectivity index (χ1) is 6.77. The minimum absolute atomic E-state index is 0.167. The molecule has 1 heterocycles. The summed E-state index contributed by atoms with van der Waals surface area (Å²) < 4.78 is 2.07. The summed E-state index contributed by atoms with van der Waals surface area (Å²) >= 11 is 1.60. The third kappa shape index (κ3) is 3.32. The molecule has 0 aliphatic rings. The SMILES string of the molecule is CCn1cncc1CSCC(O)CO. The van der Waals surface area contributed by atoms with Gasteiger partial charge in [-0.2, -0.15) is 11.8 Å². The molecule has 0 aromatic carbocycles. The van der Waals surface area contributed by atoms with Crippen molar-refractivity contribution in [2.24, 2.45) is 0 Å². The summed E-state index contributed by atoms with van der Waals surface area (Å²) in [6.45, 7) is 2.82. The fourth-order valence-electron chi connectivity index (χ4n) is 1.11. The molecule has 0 fully saturated rings. The average molecular weight is 216 g/mol. The molecule has 5 heteroatoms. The van der Waals surface area contributed by atoms with Crippen LogP contribution in [0.2, 0.25) is 0 Å². The van der Waals surface area contributed by atoms with E-state index in [0.717, 1.165) is 18.0 Å². The van der Waals surface area contributed by atoms with E-state index in [1.54, 1.807) is 18.1 Å². The summed E-state index contributed by atoms with van der Waals surface area (Å²) in [6, 6.07) is 0. The van der Waals surface area contributed by atoms with Crippen molar-refractivity contribution in [1.82, 2.24) is 9.55 Å². The molecule has 80 valence electrons. The van der Waals surface area contributed by atoms with Gasteiger partial charge in [0.05, 0.1) is 19.0 Å². The van der Waals surface area contributed by atoms with E-state index in [1.807, 2.05) is 6.20 Å². The van der Waals surface area contributed by atoms with E-state index in [2.05, 4.69) is 16.5 Å². The van der Waals surface area contributed by atoms with Crippen LogP contribution < -0.4 is 0 Å². The first kappa shape index (κ1) is 11.6. The standard InChI is InChI=1S/C9H16N2O2S/c1-2-11-7-10-3-8(11)5-14-6-9(13)4-12/h3,7,9,12-13H,2,4-6H2,1H3. The molecule has 1 aromatic heterocycles. The van der Waals surface area contributed by atoms with Gasteiger partial charge in [-0.1, -0.05) is 0 Å². The van der Waals surface area contributed by atoms with Crippen LogP contribution in [0, 0.1) is 0 Å². The zero-order valence-corrected chi connectivity index (χ0v) is 9.07. The van der Waals surface area contributed by atoms with Crippen molar-refractivity contribution in [3.05, 3.63) is 18.2 Å². The molecule has 0 amide bonds. The van der Waals surface area contributed by atoms with E-state index >= 15 is 0 Å². The Balaban J connectivity index is 2.31. The van der Waals surface area contributed by atoms with Gasteiger partial charge in [0.15, 0.2) is 0 Å². The van der Waals surface area contributed by atoms with Gasteiger partial charge in [0.25, 0.3) is 0 Å². The lowest BCUT2D eigenvalue weighted by molar-refractivity contribution is 0.113.